The average Bonchev–Trinajstić information content (AvgIpc) is 3.14. The normalized spacial score (nSPS) is 16.9. The summed E-state index contributed by atoms with van der Waals surface area (Å²) in [6, 6.07) is 8.41. The van der Waals surface area contributed by atoms with Gasteiger partial charge >= 0.3 is 0 Å². The number of nitrogens with zero attached hydrogens (tertiary/aromatic N) is 2. The molecule has 0 spiro atoms. The molecule has 7 nitrogen and oxygen atoms in total. The molecule has 1 amide bonds. The number of para-hydroxylation sites is 2. The molecule has 1 aromatic carbocycles. The first-order valence-electron chi connectivity index (χ1n) is 9.87. The second kappa shape index (κ2) is 11.3. The lowest BCUT2D eigenvalue weighted by atomic mass is 10.2. The van der Waals surface area contributed by atoms with Crippen LogP contribution in [0.3, 0.4) is 0 Å². The number of guanidine groups is 1. The highest BCUT2D eigenvalue weighted by molar-refractivity contribution is 5.81. The van der Waals surface area contributed by atoms with Crippen LogP contribution < -0.4 is 25.6 Å². The fourth-order valence-corrected chi connectivity index (χ4v) is 3.12. The van der Waals surface area contributed by atoms with E-state index in [0.717, 1.165) is 56.4 Å². The van der Waals surface area contributed by atoms with Gasteiger partial charge in [-0.1, -0.05) is 19.1 Å². The van der Waals surface area contributed by atoms with Crippen LogP contribution in [0.5, 0.6) is 5.75 Å². The molecule has 1 aliphatic rings. The van der Waals surface area contributed by atoms with Gasteiger partial charge in [0, 0.05) is 38.6 Å². The zero-order chi connectivity index (χ0) is 19.5. The number of nitrogens with one attached hydrogen (secondary N) is 3. The molecule has 150 valence electrons. The number of methoxy groups -OCH3 is 1. The number of aliphatic imine (C=N–C) groups is 1. The highest BCUT2D eigenvalue weighted by Crippen LogP contribution is 2.30. The van der Waals surface area contributed by atoms with Crippen LogP contribution in [0.25, 0.3) is 0 Å². The molecular weight excluding hydrogens is 342 g/mol. The van der Waals surface area contributed by atoms with E-state index in [1.807, 2.05) is 32.0 Å². The van der Waals surface area contributed by atoms with E-state index in [4.69, 9.17) is 4.74 Å². The molecule has 0 saturated carbocycles. The van der Waals surface area contributed by atoms with Crippen molar-refractivity contribution in [1.29, 1.82) is 0 Å². The first kappa shape index (κ1) is 20.9. The predicted molar refractivity (Wildman–Crippen MR) is 111 cm³/mol. The van der Waals surface area contributed by atoms with Crippen LogP contribution in [0.4, 0.5) is 5.69 Å². The molecule has 1 unspecified atom stereocenters. The number of ether oxygens (including phenoxy) is 1. The highest BCUT2D eigenvalue weighted by Gasteiger charge is 2.25. The number of carbonyl (C=O) groups is 1. The smallest absolute Gasteiger partial charge is 0.221 e. The molecule has 0 aromatic heterocycles. The van der Waals surface area contributed by atoms with Gasteiger partial charge < -0.3 is 25.6 Å². The van der Waals surface area contributed by atoms with Gasteiger partial charge in [-0.15, -0.1) is 0 Å². The number of benzene rings is 1. The summed E-state index contributed by atoms with van der Waals surface area (Å²) in [5, 5.41) is 9.64. The second-order valence-electron chi connectivity index (χ2n) is 6.61. The van der Waals surface area contributed by atoms with Crippen LogP contribution in [-0.2, 0) is 4.79 Å². The standard InChI is InChI=1S/C20H33N5O2/c1-4-12-22-19(26)10-13-23-20(21-5-2)24-16-11-14-25(15-16)17-8-6-7-9-18(17)27-3/h6-9,16H,4-5,10-15H2,1-3H3,(H,22,26)(H2,21,23,24). The van der Waals surface area contributed by atoms with Crippen LogP contribution in [-0.4, -0.2) is 57.7 Å². The van der Waals surface area contributed by atoms with Crippen molar-refractivity contribution in [1.82, 2.24) is 16.0 Å². The summed E-state index contributed by atoms with van der Waals surface area (Å²) >= 11 is 0. The third kappa shape index (κ3) is 6.66. The van der Waals surface area contributed by atoms with Crippen LogP contribution >= 0.6 is 0 Å². The number of hydrogen-bond acceptors (Lipinski definition) is 4. The summed E-state index contributed by atoms with van der Waals surface area (Å²) < 4.78 is 5.48. The number of carbonyl (C=O) groups excluding carboxylic acids is 1. The minimum Gasteiger partial charge on any atom is -0.495 e. The Morgan fingerprint density at radius 2 is 2.11 bits per heavy atom. The van der Waals surface area contributed by atoms with Crippen LogP contribution in [0.1, 0.15) is 33.1 Å². The number of rotatable bonds is 9. The molecule has 2 rings (SSSR count). The molecule has 3 N–H and O–H groups in total. The van der Waals surface area contributed by atoms with Crippen LogP contribution in [0, 0.1) is 0 Å². The zero-order valence-electron chi connectivity index (χ0n) is 16.8. The quantitative estimate of drug-likeness (QED) is 0.453. The van der Waals surface area contributed by atoms with Crippen molar-refractivity contribution in [3.8, 4) is 5.75 Å². The molecule has 0 radical (unpaired) electrons. The molecular formula is C20H33N5O2. The van der Waals surface area contributed by atoms with Gasteiger partial charge in [-0.25, -0.2) is 0 Å². The van der Waals surface area contributed by atoms with E-state index in [1.165, 1.54) is 0 Å². The summed E-state index contributed by atoms with van der Waals surface area (Å²) in [5.41, 5.74) is 1.12. The topological polar surface area (TPSA) is 78.0 Å². The summed E-state index contributed by atoms with van der Waals surface area (Å²) in [5.74, 6) is 1.73. The maximum atomic E-state index is 11.7. The Kier molecular flexibility index (Phi) is 8.74. The summed E-state index contributed by atoms with van der Waals surface area (Å²) in [7, 11) is 1.71. The largest absolute Gasteiger partial charge is 0.495 e. The fourth-order valence-electron chi connectivity index (χ4n) is 3.12. The van der Waals surface area contributed by atoms with Gasteiger partial charge in [0.25, 0.3) is 0 Å². The van der Waals surface area contributed by atoms with Gasteiger partial charge in [0.05, 0.1) is 19.3 Å². The number of amides is 1. The van der Waals surface area contributed by atoms with Gasteiger partial charge in [0.15, 0.2) is 5.96 Å². The third-order valence-electron chi connectivity index (χ3n) is 4.48. The van der Waals surface area contributed by atoms with E-state index in [1.54, 1.807) is 7.11 Å². The van der Waals surface area contributed by atoms with Crippen molar-refractivity contribution in [2.45, 2.75) is 39.2 Å². The van der Waals surface area contributed by atoms with Crippen molar-refractivity contribution in [3.63, 3.8) is 0 Å². The Labute approximate surface area is 162 Å². The lowest BCUT2D eigenvalue weighted by Gasteiger charge is -2.22. The van der Waals surface area contributed by atoms with Crippen molar-refractivity contribution < 1.29 is 9.53 Å². The monoisotopic (exact) mass is 375 g/mol. The van der Waals surface area contributed by atoms with E-state index in [9.17, 15) is 4.79 Å². The predicted octanol–water partition coefficient (Wildman–Crippen LogP) is 1.75. The van der Waals surface area contributed by atoms with Gasteiger partial charge in [0.2, 0.25) is 5.91 Å². The van der Waals surface area contributed by atoms with Crippen LogP contribution in [0.15, 0.2) is 29.3 Å². The molecule has 0 aliphatic carbocycles. The Balaban J connectivity index is 1.87. The first-order valence-corrected chi connectivity index (χ1v) is 9.87. The molecule has 7 heteroatoms. The summed E-state index contributed by atoms with van der Waals surface area (Å²) in [4.78, 5) is 18.6. The third-order valence-corrected chi connectivity index (χ3v) is 4.48. The van der Waals surface area contributed by atoms with E-state index in [0.29, 0.717) is 19.0 Å². The van der Waals surface area contributed by atoms with Gasteiger partial charge in [-0.2, -0.15) is 0 Å². The molecule has 27 heavy (non-hydrogen) atoms. The van der Waals surface area contributed by atoms with Gasteiger partial charge in [-0.05, 0) is 31.9 Å². The molecule has 1 aromatic rings. The van der Waals surface area contributed by atoms with Gasteiger partial charge in [-0.3, -0.25) is 9.79 Å². The van der Waals surface area contributed by atoms with Gasteiger partial charge in [0.1, 0.15) is 5.75 Å². The lowest BCUT2D eigenvalue weighted by molar-refractivity contribution is -0.120. The van der Waals surface area contributed by atoms with E-state index in [2.05, 4.69) is 31.9 Å². The average molecular weight is 376 g/mol. The molecule has 0 bridgehead atoms. The van der Waals surface area contributed by atoms with E-state index >= 15 is 0 Å². The zero-order valence-corrected chi connectivity index (χ0v) is 16.8. The molecule has 1 saturated heterocycles. The molecule has 1 fully saturated rings. The first-order chi connectivity index (χ1) is 13.2. The Hall–Kier alpha value is -2.44. The summed E-state index contributed by atoms with van der Waals surface area (Å²) in [6.45, 7) is 7.94. The highest BCUT2D eigenvalue weighted by atomic mass is 16.5. The summed E-state index contributed by atoms with van der Waals surface area (Å²) in [6.07, 6.45) is 2.39. The Bertz CT molecular complexity index is 620. The van der Waals surface area contributed by atoms with E-state index in [-0.39, 0.29) is 5.91 Å². The maximum Gasteiger partial charge on any atom is 0.221 e. The van der Waals surface area contributed by atoms with E-state index < -0.39 is 0 Å². The fraction of sp³-hybridized carbons (Fsp3) is 0.600. The minimum absolute atomic E-state index is 0.0552. The molecule has 1 aliphatic heterocycles. The number of anilines is 1. The molecule has 1 heterocycles. The second-order valence-corrected chi connectivity index (χ2v) is 6.61. The van der Waals surface area contributed by atoms with Crippen molar-refractivity contribution in [3.05, 3.63) is 24.3 Å². The SMILES string of the molecule is CCCNC(=O)CCN=C(NCC)NC1CCN(c2ccccc2OC)C1. The lowest BCUT2D eigenvalue weighted by Crippen LogP contribution is -2.44. The maximum absolute atomic E-state index is 11.7. The Morgan fingerprint density at radius 3 is 2.85 bits per heavy atom. The van der Waals surface area contributed by atoms with Crippen molar-refractivity contribution in [2.75, 3.05) is 44.7 Å². The van der Waals surface area contributed by atoms with Crippen molar-refractivity contribution in [2.24, 2.45) is 4.99 Å². The number of hydrogen-bond donors (Lipinski definition) is 3. The molecule has 1 atom stereocenters. The van der Waals surface area contributed by atoms with Crippen molar-refractivity contribution >= 4 is 17.6 Å². The minimum atomic E-state index is 0.0552. The Morgan fingerprint density at radius 1 is 1.30 bits per heavy atom. The van der Waals surface area contributed by atoms with Crippen LogP contribution in [0.2, 0.25) is 0 Å².